The van der Waals surface area contributed by atoms with Crippen LogP contribution in [0.4, 0.5) is 10.1 Å². The van der Waals surface area contributed by atoms with Crippen molar-refractivity contribution >= 4 is 44.2 Å². The minimum atomic E-state index is -0.478. The maximum Gasteiger partial charge on any atom is 0.272 e. The van der Waals surface area contributed by atoms with Crippen LogP contribution in [0, 0.1) is 5.82 Å². The maximum atomic E-state index is 14.2. The molecule has 8 heteroatoms. The van der Waals surface area contributed by atoms with E-state index in [2.05, 4.69) is 20.2 Å². The number of aromatic nitrogens is 4. The number of Topliss-reactive ketones (excluding diaryl/α,β-unsaturated/α-hetero) is 1. The predicted molar refractivity (Wildman–Crippen MR) is 109 cm³/mol. The highest BCUT2D eigenvalue weighted by Crippen LogP contribution is 2.38. The highest BCUT2D eigenvalue weighted by Gasteiger charge is 2.20. The van der Waals surface area contributed by atoms with Crippen molar-refractivity contribution in [3.63, 3.8) is 0 Å². The molecular formula is C21H14FN5O2. The van der Waals surface area contributed by atoms with Crippen molar-refractivity contribution < 1.29 is 9.18 Å². The number of hydrogen-bond acceptors (Lipinski definition) is 5. The quantitative estimate of drug-likeness (QED) is 0.316. The second-order valence-electron chi connectivity index (χ2n) is 6.80. The Balaban J connectivity index is 2.05. The molecule has 0 saturated heterocycles. The van der Waals surface area contributed by atoms with Crippen LogP contribution >= 0.6 is 0 Å². The summed E-state index contributed by atoms with van der Waals surface area (Å²) in [5.74, 6) is -0.632. The van der Waals surface area contributed by atoms with Crippen LogP contribution in [-0.2, 0) is 0 Å². The number of benzene rings is 2. The lowest BCUT2D eigenvalue weighted by molar-refractivity contribution is 0.101. The number of carbonyl (C=O) groups excluding carboxylic acids is 1. The van der Waals surface area contributed by atoms with Gasteiger partial charge in [-0.3, -0.25) is 19.7 Å². The molecule has 2 aromatic carbocycles. The topological polar surface area (TPSA) is 118 Å². The average molecular weight is 387 g/mol. The molecule has 29 heavy (non-hydrogen) atoms. The van der Waals surface area contributed by atoms with E-state index in [0.717, 1.165) is 0 Å². The van der Waals surface area contributed by atoms with Crippen LogP contribution in [0.15, 0.2) is 47.5 Å². The molecule has 4 N–H and O–H groups in total. The normalized spacial score (nSPS) is 11.5. The fourth-order valence-corrected chi connectivity index (χ4v) is 3.80. The average Bonchev–Trinajstić information content (AvgIpc) is 3.20. The predicted octanol–water partition coefficient (Wildman–Crippen LogP) is 3.54. The van der Waals surface area contributed by atoms with E-state index in [9.17, 15) is 14.0 Å². The van der Waals surface area contributed by atoms with Gasteiger partial charge in [-0.05, 0) is 36.8 Å². The number of aromatic amines is 2. The van der Waals surface area contributed by atoms with E-state index in [1.54, 1.807) is 30.5 Å². The second kappa shape index (κ2) is 5.96. The lowest BCUT2D eigenvalue weighted by Crippen LogP contribution is -2.14. The molecule has 0 amide bonds. The van der Waals surface area contributed by atoms with Gasteiger partial charge in [0, 0.05) is 33.5 Å². The Hall–Kier alpha value is -4.07. The van der Waals surface area contributed by atoms with Crippen molar-refractivity contribution in [1.82, 2.24) is 20.2 Å². The number of hydrogen-bond donors (Lipinski definition) is 3. The Morgan fingerprint density at radius 3 is 2.76 bits per heavy atom. The van der Waals surface area contributed by atoms with Crippen molar-refractivity contribution in [2.45, 2.75) is 6.92 Å². The zero-order valence-corrected chi connectivity index (χ0v) is 15.2. The smallest absolute Gasteiger partial charge is 0.272 e. The first-order valence-electron chi connectivity index (χ1n) is 8.83. The molecule has 0 atom stereocenters. The molecule has 5 rings (SSSR count). The third-order valence-electron chi connectivity index (χ3n) is 5.13. The maximum absolute atomic E-state index is 14.2. The Labute approximate surface area is 162 Å². The van der Waals surface area contributed by atoms with Crippen LogP contribution in [0.3, 0.4) is 0 Å². The molecule has 0 radical (unpaired) electrons. The lowest BCUT2D eigenvalue weighted by Gasteiger charge is -2.14. The molecule has 3 heterocycles. The molecule has 0 bridgehead atoms. The number of nitrogens with one attached hydrogen (secondary N) is 2. The highest BCUT2D eigenvalue weighted by molar-refractivity contribution is 6.19. The Morgan fingerprint density at radius 1 is 1.14 bits per heavy atom. The SMILES string of the molecule is CC(=O)c1cc2c(-c3ccc(F)c4[nH]ncc34)c(N)c(=O)[nH]c2c2cccnc12. The van der Waals surface area contributed by atoms with Gasteiger partial charge < -0.3 is 10.7 Å². The zero-order valence-electron chi connectivity index (χ0n) is 15.2. The summed E-state index contributed by atoms with van der Waals surface area (Å²) in [6.45, 7) is 1.45. The van der Waals surface area contributed by atoms with Crippen LogP contribution in [-0.4, -0.2) is 25.9 Å². The minimum absolute atomic E-state index is 0.0237. The van der Waals surface area contributed by atoms with Gasteiger partial charge in [0.15, 0.2) is 5.78 Å². The molecule has 0 fully saturated rings. The van der Waals surface area contributed by atoms with Gasteiger partial charge in [-0.25, -0.2) is 4.39 Å². The van der Waals surface area contributed by atoms with Gasteiger partial charge in [-0.1, -0.05) is 6.07 Å². The number of anilines is 1. The van der Waals surface area contributed by atoms with Crippen LogP contribution in [0.25, 0.3) is 43.8 Å². The summed E-state index contributed by atoms with van der Waals surface area (Å²) >= 11 is 0. The summed E-state index contributed by atoms with van der Waals surface area (Å²) in [4.78, 5) is 32.1. The summed E-state index contributed by atoms with van der Waals surface area (Å²) in [6.07, 6.45) is 3.07. The number of halogens is 1. The van der Waals surface area contributed by atoms with Crippen molar-refractivity contribution in [2.24, 2.45) is 0 Å². The van der Waals surface area contributed by atoms with Crippen LogP contribution in [0.2, 0.25) is 0 Å². The molecule has 0 spiro atoms. The van der Waals surface area contributed by atoms with Gasteiger partial charge in [0.25, 0.3) is 5.56 Å². The zero-order chi connectivity index (χ0) is 20.3. The molecule has 0 unspecified atom stereocenters. The number of H-pyrrole nitrogens is 2. The molecule has 142 valence electrons. The van der Waals surface area contributed by atoms with E-state index in [0.29, 0.717) is 43.9 Å². The van der Waals surface area contributed by atoms with Crippen LogP contribution < -0.4 is 11.3 Å². The van der Waals surface area contributed by atoms with Gasteiger partial charge >= 0.3 is 0 Å². The summed E-state index contributed by atoms with van der Waals surface area (Å²) in [5, 5.41) is 8.22. The van der Waals surface area contributed by atoms with E-state index < -0.39 is 11.4 Å². The number of nitrogen functional groups attached to an aromatic ring is 1. The molecule has 0 aliphatic rings. The first-order valence-corrected chi connectivity index (χ1v) is 8.83. The number of nitrogens with two attached hydrogens (primary N) is 1. The number of nitrogens with zero attached hydrogens (tertiary/aromatic N) is 2. The third kappa shape index (κ3) is 2.35. The Morgan fingerprint density at radius 2 is 1.97 bits per heavy atom. The standard InChI is InChI=1S/C21H14FN5O2/c1-9(28)12-7-13-16(10-4-5-15(22)20-14(10)8-25-27-20)17(23)21(29)26-19(13)11-3-2-6-24-18(11)12/h2-8H,23H2,1H3,(H,25,27)(H,26,29). The van der Waals surface area contributed by atoms with E-state index in [-0.39, 0.29) is 17.0 Å². The van der Waals surface area contributed by atoms with Gasteiger partial charge in [0.2, 0.25) is 0 Å². The van der Waals surface area contributed by atoms with Crippen LogP contribution in [0.1, 0.15) is 17.3 Å². The van der Waals surface area contributed by atoms with Gasteiger partial charge in [-0.15, -0.1) is 0 Å². The highest BCUT2D eigenvalue weighted by atomic mass is 19.1. The number of pyridine rings is 2. The summed E-state index contributed by atoms with van der Waals surface area (Å²) in [7, 11) is 0. The van der Waals surface area contributed by atoms with E-state index >= 15 is 0 Å². The molecule has 5 aromatic rings. The fourth-order valence-electron chi connectivity index (χ4n) is 3.80. The van der Waals surface area contributed by atoms with Crippen LogP contribution in [0.5, 0.6) is 0 Å². The number of rotatable bonds is 2. The summed E-state index contributed by atoms with van der Waals surface area (Å²) in [6, 6.07) is 8.02. The summed E-state index contributed by atoms with van der Waals surface area (Å²) in [5.41, 5.74) is 8.26. The second-order valence-corrected chi connectivity index (χ2v) is 6.80. The molecule has 0 saturated carbocycles. The summed E-state index contributed by atoms with van der Waals surface area (Å²) < 4.78 is 14.2. The number of fused-ring (bicyclic) bond motifs is 4. The van der Waals surface area contributed by atoms with Gasteiger partial charge in [0.1, 0.15) is 17.0 Å². The fraction of sp³-hybridized carbons (Fsp3) is 0.0476. The van der Waals surface area contributed by atoms with Gasteiger partial charge in [-0.2, -0.15) is 5.10 Å². The number of carbonyl (C=O) groups is 1. The third-order valence-corrected chi connectivity index (χ3v) is 5.13. The van der Waals surface area contributed by atoms with Crippen molar-refractivity contribution in [3.05, 3.63) is 64.5 Å². The van der Waals surface area contributed by atoms with E-state index in [1.807, 2.05) is 0 Å². The van der Waals surface area contributed by atoms with E-state index in [4.69, 9.17) is 5.73 Å². The minimum Gasteiger partial charge on any atom is -0.394 e. The molecule has 0 aliphatic carbocycles. The molecular weight excluding hydrogens is 373 g/mol. The lowest BCUT2D eigenvalue weighted by atomic mass is 9.93. The van der Waals surface area contributed by atoms with Gasteiger partial charge in [0.05, 0.1) is 17.2 Å². The monoisotopic (exact) mass is 387 g/mol. The molecule has 3 aromatic heterocycles. The molecule has 7 nitrogen and oxygen atoms in total. The first-order chi connectivity index (χ1) is 14.0. The van der Waals surface area contributed by atoms with E-state index in [1.165, 1.54) is 19.2 Å². The van der Waals surface area contributed by atoms with Crippen molar-refractivity contribution in [1.29, 1.82) is 0 Å². The Bertz CT molecular complexity index is 1530. The number of ketones is 1. The largest absolute Gasteiger partial charge is 0.394 e. The molecule has 0 aliphatic heterocycles. The first kappa shape index (κ1) is 17.1. The Kier molecular flexibility index (Phi) is 3.51. The van der Waals surface area contributed by atoms with Crippen molar-refractivity contribution in [3.8, 4) is 11.1 Å². The van der Waals surface area contributed by atoms with Crippen molar-refractivity contribution in [2.75, 3.05) is 5.73 Å².